The molecule has 0 radical (unpaired) electrons. The molecule has 0 fully saturated rings. The second-order valence-electron chi connectivity index (χ2n) is 8.29. The maximum absolute atomic E-state index is 13.9. The molecule has 0 N–H and O–H groups in total. The fourth-order valence-electron chi connectivity index (χ4n) is 3.62. The van der Waals surface area contributed by atoms with E-state index in [4.69, 9.17) is 16.3 Å². The minimum atomic E-state index is -0.647. The topological polar surface area (TPSA) is 99.6 Å². The molecule has 37 heavy (non-hydrogen) atoms. The van der Waals surface area contributed by atoms with Crippen molar-refractivity contribution in [2.45, 2.75) is 32.8 Å². The largest absolute Gasteiger partial charge is 0.481 e. The van der Waals surface area contributed by atoms with Crippen molar-refractivity contribution < 1.29 is 14.1 Å². The molecule has 0 saturated carbocycles. The molecule has 0 spiro atoms. The molecule has 0 aliphatic carbocycles. The Balaban J connectivity index is 1.74. The molecule has 0 unspecified atom stereocenters. The molecule has 3 aromatic carbocycles. The Hall–Kier alpha value is -3.63. The number of nitro groups is 1. The van der Waals surface area contributed by atoms with Gasteiger partial charge in [-0.3, -0.25) is 14.9 Å². The smallest absolute Gasteiger partial charge is 0.313 e. The van der Waals surface area contributed by atoms with Gasteiger partial charge in [-0.05, 0) is 36.8 Å². The molecule has 4 rings (SSSR count). The lowest BCUT2D eigenvalue weighted by molar-refractivity contribution is -0.385. The Labute approximate surface area is 224 Å². The highest BCUT2D eigenvalue weighted by atomic mass is 79.9. The number of ether oxygens (including phenoxy) is 1. The first-order valence-corrected chi connectivity index (χ1v) is 12.5. The van der Waals surface area contributed by atoms with Gasteiger partial charge in [0.05, 0.1) is 27.1 Å². The summed E-state index contributed by atoms with van der Waals surface area (Å²) in [6, 6.07) is 13.8. The lowest BCUT2D eigenvalue weighted by Crippen LogP contribution is -2.23. The minimum absolute atomic E-state index is 0.0537. The van der Waals surface area contributed by atoms with Crippen LogP contribution in [-0.4, -0.2) is 20.8 Å². The lowest BCUT2D eigenvalue weighted by atomic mass is 10.1. The standard InChI is InChI=1S/C26H21BrClFN4O4/c1-3-15(2)25-31-22-9-8-18(27)12-19(22)26(34)32(25)30-13-16-10-20(28)24(23(11-16)33(35)36)37-14-17-6-4-5-7-21(17)29/h4-13,15H,3,14H2,1-2H3/t15-/m0/s1. The van der Waals surface area contributed by atoms with Crippen molar-refractivity contribution in [3.8, 4) is 5.75 Å². The molecule has 0 bridgehead atoms. The maximum atomic E-state index is 13.9. The first kappa shape index (κ1) is 26.4. The van der Waals surface area contributed by atoms with Gasteiger partial charge < -0.3 is 4.74 Å². The molecule has 0 saturated heterocycles. The fraction of sp³-hybridized carbons (Fsp3) is 0.192. The zero-order valence-corrected chi connectivity index (χ0v) is 22.2. The number of hydrogen-bond donors (Lipinski definition) is 0. The molecule has 0 aliphatic heterocycles. The number of rotatable bonds is 8. The van der Waals surface area contributed by atoms with E-state index in [2.05, 4.69) is 26.0 Å². The van der Waals surface area contributed by atoms with Gasteiger partial charge >= 0.3 is 5.69 Å². The number of benzene rings is 3. The SMILES string of the molecule is CC[C@H](C)c1nc2ccc(Br)cc2c(=O)n1N=Cc1cc(Cl)c(OCc2ccccc2F)c([N+](=O)[O-])c1. The number of nitrogens with zero attached hydrogens (tertiary/aromatic N) is 4. The van der Waals surface area contributed by atoms with Gasteiger partial charge in [0.2, 0.25) is 5.75 Å². The van der Waals surface area contributed by atoms with Crippen LogP contribution in [0.2, 0.25) is 5.02 Å². The van der Waals surface area contributed by atoms with Gasteiger partial charge in [-0.1, -0.05) is 59.6 Å². The minimum Gasteiger partial charge on any atom is -0.481 e. The third kappa shape index (κ3) is 5.70. The zero-order valence-electron chi connectivity index (χ0n) is 19.8. The maximum Gasteiger partial charge on any atom is 0.313 e. The van der Waals surface area contributed by atoms with Crippen LogP contribution in [0, 0.1) is 15.9 Å². The Morgan fingerprint density at radius 1 is 1.27 bits per heavy atom. The van der Waals surface area contributed by atoms with Crippen LogP contribution < -0.4 is 10.3 Å². The highest BCUT2D eigenvalue weighted by Crippen LogP contribution is 2.36. The molecule has 4 aromatic rings. The summed E-state index contributed by atoms with van der Waals surface area (Å²) in [6.45, 7) is 3.66. The number of nitro benzene ring substituents is 1. The summed E-state index contributed by atoms with van der Waals surface area (Å²) >= 11 is 9.70. The summed E-state index contributed by atoms with van der Waals surface area (Å²) in [6.07, 6.45) is 2.02. The predicted octanol–water partition coefficient (Wildman–Crippen LogP) is 6.83. The predicted molar refractivity (Wildman–Crippen MR) is 144 cm³/mol. The van der Waals surface area contributed by atoms with E-state index in [0.717, 1.165) is 10.9 Å². The van der Waals surface area contributed by atoms with Crippen LogP contribution >= 0.6 is 27.5 Å². The molecule has 0 aliphatic rings. The van der Waals surface area contributed by atoms with Gasteiger partial charge in [-0.25, -0.2) is 9.37 Å². The number of aromatic nitrogens is 2. The molecule has 1 aromatic heterocycles. The van der Waals surface area contributed by atoms with Crippen LogP contribution in [0.1, 0.15) is 43.1 Å². The molecule has 0 amide bonds. The summed E-state index contributed by atoms with van der Waals surface area (Å²) in [7, 11) is 0. The monoisotopic (exact) mass is 586 g/mol. The Bertz CT molecular complexity index is 1590. The number of fused-ring (bicyclic) bond motifs is 1. The van der Waals surface area contributed by atoms with Crippen molar-refractivity contribution in [1.82, 2.24) is 9.66 Å². The zero-order chi connectivity index (χ0) is 26.7. The average Bonchev–Trinajstić information content (AvgIpc) is 2.87. The van der Waals surface area contributed by atoms with E-state index < -0.39 is 16.4 Å². The molecular formula is C26H21BrClFN4O4. The average molecular weight is 588 g/mol. The third-order valence-electron chi connectivity index (χ3n) is 5.78. The van der Waals surface area contributed by atoms with Crippen molar-refractivity contribution in [1.29, 1.82) is 0 Å². The first-order valence-electron chi connectivity index (χ1n) is 11.3. The van der Waals surface area contributed by atoms with Crippen molar-refractivity contribution in [2.24, 2.45) is 5.10 Å². The number of halogens is 3. The third-order valence-corrected chi connectivity index (χ3v) is 6.56. The first-order chi connectivity index (χ1) is 17.7. The van der Waals surface area contributed by atoms with Crippen molar-refractivity contribution in [3.05, 3.63) is 107 Å². The second kappa shape index (κ2) is 11.2. The van der Waals surface area contributed by atoms with E-state index in [9.17, 15) is 19.3 Å². The van der Waals surface area contributed by atoms with E-state index in [1.807, 2.05) is 13.8 Å². The van der Waals surface area contributed by atoms with Gasteiger partial charge in [0.25, 0.3) is 5.56 Å². The fourth-order valence-corrected chi connectivity index (χ4v) is 4.26. The Kier molecular flexibility index (Phi) is 7.99. The molecule has 1 heterocycles. The second-order valence-corrected chi connectivity index (χ2v) is 9.61. The molecular weight excluding hydrogens is 567 g/mol. The normalized spacial score (nSPS) is 12.2. The van der Waals surface area contributed by atoms with Crippen LogP contribution in [0.3, 0.4) is 0 Å². The van der Waals surface area contributed by atoms with Gasteiger partial charge in [-0.2, -0.15) is 9.78 Å². The number of hydrogen-bond acceptors (Lipinski definition) is 6. The van der Waals surface area contributed by atoms with Crippen LogP contribution in [0.25, 0.3) is 10.9 Å². The van der Waals surface area contributed by atoms with Gasteiger partial charge in [0.1, 0.15) is 18.2 Å². The summed E-state index contributed by atoms with van der Waals surface area (Å²) in [5.74, 6) is -0.306. The Morgan fingerprint density at radius 2 is 2.03 bits per heavy atom. The molecule has 11 heteroatoms. The lowest BCUT2D eigenvalue weighted by Gasteiger charge is -2.14. The summed E-state index contributed by atoms with van der Waals surface area (Å²) in [5, 5.41) is 16.4. The van der Waals surface area contributed by atoms with Crippen molar-refractivity contribution in [2.75, 3.05) is 0 Å². The van der Waals surface area contributed by atoms with Gasteiger partial charge in [0, 0.05) is 27.6 Å². The molecule has 190 valence electrons. The van der Waals surface area contributed by atoms with Crippen LogP contribution in [0.5, 0.6) is 5.75 Å². The highest BCUT2D eigenvalue weighted by molar-refractivity contribution is 9.10. The quantitative estimate of drug-likeness (QED) is 0.128. The van der Waals surface area contributed by atoms with Crippen LogP contribution in [0.15, 0.2) is 69.0 Å². The van der Waals surface area contributed by atoms with Gasteiger partial charge in [0.15, 0.2) is 0 Å². The summed E-state index contributed by atoms with van der Waals surface area (Å²) < 4.78 is 21.4. The van der Waals surface area contributed by atoms with Crippen molar-refractivity contribution in [3.63, 3.8) is 0 Å². The Morgan fingerprint density at radius 3 is 2.73 bits per heavy atom. The summed E-state index contributed by atoms with van der Waals surface area (Å²) in [5.41, 5.74) is 0.255. The van der Waals surface area contributed by atoms with E-state index in [-0.39, 0.29) is 40.0 Å². The summed E-state index contributed by atoms with van der Waals surface area (Å²) in [4.78, 5) is 29.1. The van der Waals surface area contributed by atoms with Crippen LogP contribution in [0.4, 0.5) is 10.1 Å². The van der Waals surface area contributed by atoms with Crippen molar-refractivity contribution >= 4 is 50.3 Å². The van der Waals surface area contributed by atoms with E-state index in [0.29, 0.717) is 16.7 Å². The highest BCUT2D eigenvalue weighted by Gasteiger charge is 2.21. The van der Waals surface area contributed by atoms with E-state index in [1.165, 1.54) is 41.2 Å². The molecule has 1 atom stereocenters. The van der Waals surface area contributed by atoms with E-state index >= 15 is 0 Å². The van der Waals surface area contributed by atoms with Gasteiger partial charge in [-0.15, -0.1) is 0 Å². The van der Waals surface area contributed by atoms with E-state index in [1.54, 1.807) is 24.3 Å². The molecule has 8 nitrogen and oxygen atoms in total. The van der Waals surface area contributed by atoms with Crippen LogP contribution in [-0.2, 0) is 6.61 Å².